The van der Waals surface area contributed by atoms with Gasteiger partial charge in [0.25, 0.3) is 5.91 Å². The second-order valence-corrected chi connectivity index (χ2v) is 7.00. The van der Waals surface area contributed by atoms with E-state index in [0.717, 1.165) is 23.5 Å². The number of aliphatic hydroxyl groups is 1. The molecule has 1 saturated heterocycles. The summed E-state index contributed by atoms with van der Waals surface area (Å²) in [4.78, 5) is 23.1. The average Bonchev–Trinajstić information content (AvgIpc) is 3.06. The molecule has 7 nitrogen and oxygen atoms in total. The van der Waals surface area contributed by atoms with Crippen molar-refractivity contribution in [1.29, 1.82) is 0 Å². The molecule has 2 aromatic rings. The topological polar surface area (TPSA) is 90.4 Å². The Bertz CT molecular complexity index is 789. The molecule has 1 fully saturated rings. The summed E-state index contributed by atoms with van der Waals surface area (Å²) in [5, 5.41) is 16.2. The van der Waals surface area contributed by atoms with Gasteiger partial charge in [0.1, 0.15) is 0 Å². The van der Waals surface area contributed by atoms with Crippen molar-refractivity contribution in [3.8, 4) is 11.3 Å². The summed E-state index contributed by atoms with van der Waals surface area (Å²) in [7, 11) is 3.81. The summed E-state index contributed by atoms with van der Waals surface area (Å²) in [5.41, 5.74) is 2.34. The highest BCUT2D eigenvalue weighted by Crippen LogP contribution is 2.21. The molecule has 3 rings (SSSR count). The largest absolute Gasteiger partial charge is 0.387 e. The van der Waals surface area contributed by atoms with Gasteiger partial charge in [-0.25, -0.2) is 9.97 Å². The molecular weight excluding hydrogens is 366 g/mol. The molecular formula is C19H26ClN5O2. The molecule has 0 aliphatic carbocycles. The van der Waals surface area contributed by atoms with E-state index in [1.807, 2.05) is 44.1 Å². The zero-order valence-corrected chi connectivity index (χ0v) is 16.6. The van der Waals surface area contributed by atoms with Gasteiger partial charge in [0.2, 0.25) is 5.95 Å². The molecule has 1 amide bonds. The summed E-state index contributed by atoms with van der Waals surface area (Å²) in [6.07, 6.45) is 0.646. The van der Waals surface area contributed by atoms with Crippen LogP contribution < -0.4 is 15.5 Å². The van der Waals surface area contributed by atoms with Gasteiger partial charge < -0.3 is 20.6 Å². The van der Waals surface area contributed by atoms with Gasteiger partial charge in [-0.15, -0.1) is 12.4 Å². The molecule has 3 N–H and O–H groups in total. The monoisotopic (exact) mass is 391 g/mol. The van der Waals surface area contributed by atoms with Crippen LogP contribution in [0.25, 0.3) is 11.3 Å². The molecule has 1 unspecified atom stereocenters. The minimum atomic E-state index is -0.851. The first-order valence-corrected chi connectivity index (χ1v) is 8.71. The van der Waals surface area contributed by atoms with Gasteiger partial charge in [-0.05, 0) is 38.1 Å². The number of hydrogen-bond acceptors (Lipinski definition) is 6. The summed E-state index contributed by atoms with van der Waals surface area (Å²) < 4.78 is 0. The van der Waals surface area contributed by atoms with Crippen LogP contribution in [0.1, 0.15) is 22.5 Å². The maximum absolute atomic E-state index is 12.3. The van der Waals surface area contributed by atoms with E-state index in [1.54, 1.807) is 12.1 Å². The van der Waals surface area contributed by atoms with Gasteiger partial charge in [0.05, 0.1) is 11.3 Å². The fourth-order valence-corrected chi connectivity index (χ4v) is 2.92. The number of carbonyl (C=O) groups excluding carboxylic acids is 1. The van der Waals surface area contributed by atoms with Crippen LogP contribution in [0.5, 0.6) is 0 Å². The van der Waals surface area contributed by atoms with Crippen molar-refractivity contribution in [3.63, 3.8) is 0 Å². The molecule has 146 valence electrons. The van der Waals surface area contributed by atoms with Gasteiger partial charge in [-0.3, -0.25) is 4.79 Å². The number of aryl methyl sites for hydroxylation is 1. The quantitative estimate of drug-likeness (QED) is 0.713. The zero-order chi connectivity index (χ0) is 18.7. The number of amides is 1. The molecule has 1 aromatic carbocycles. The Morgan fingerprint density at radius 3 is 2.59 bits per heavy atom. The number of anilines is 1. The average molecular weight is 392 g/mol. The third-order valence-corrected chi connectivity index (χ3v) is 4.48. The molecule has 2 heterocycles. The highest BCUT2D eigenvalue weighted by atomic mass is 35.5. The minimum absolute atomic E-state index is 0. The molecule has 27 heavy (non-hydrogen) atoms. The number of rotatable bonds is 5. The lowest BCUT2D eigenvalue weighted by Crippen LogP contribution is -2.44. The van der Waals surface area contributed by atoms with Crippen LogP contribution in [0.4, 0.5) is 5.95 Å². The molecule has 1 aromatic heterocycles. The normalized spacial score (nSPS) is 18.7. The van der Waals surface area contributed by atoms with Gasteiger partial charge >= 0.3 is 0 Å². The molecule has 0 radical (unpaired) electrons. The number of halogens is 1. The van der Waals surface area contributed by atoms with Crippen LogP contribution in [-0.2, 0) is 0 Å². The number of benzene rings is 1. The lowest BCUT2D eigenvalue weighted by atomic mass is 10.0. The number of nitrogens with one attached hydrogen (secondary N) is 2. The van der Waals surface area contributed by atoms with Crippen LogP contribution in [-0.4, -0.2) is 60.3 Å². The van der Waals surface area contributed by atoms with Crippen molar-refractivity contribution < 1.29 is 9.90 Å². The Morgan fingerprint density at radius 2 is 2.00 bits per heavy atom. The molecule has 1 aliphatic heterocycles. The number of aromatic nitrogens is 2. The van der Waals surface area contributed by atoms with Crippen LogP contribution in [0, 0.1) is 6.92 Å². The standard InChI is InChI=1S/C19H25N5O2.ClH/c1-13-10-16(23-18(22-13)24(2)3)14-4-6-15(7-5-14)17(25)21-12-19(26)8-9-20-11-19;/h4-7,10,20,26H,8-9,11-12H2,1-3H3,(H,21,25);1H. The van der Waals surface area contributed by atoms with E-state index in [9.17, 15) is 9.90 Å². The zero-order valence-electron chi connectivity index (χ0n) is 15.8. The highest BCUT2D eigenvalue weighted by molar-refractivity contribution is 5.94. The van der Waals surface area contributed by atoms with Crippen LogP contribution in [0.3, 0.4) is 0 Å². The lowest BCUT2D eigenvalue weighted by molar-refractivity contribution is 0.0562. The molecule has 1 aliphatic rings. The van der Waals surface area contributed by atoms with E-state index in [2.05, 4.69) is 20.6 Å². The Balaban J connectivity index is 0.00000261. The summed E-state index contributed by atoms with van der Waals surface area (Å²) in [6, 6.07) is 9.22. The highest BCUT2D eigenvalue weighted by Gasteiger charge is 2.31. The molecule has 8 heteroatoms. The van der Waals surface area contributed by atoms with Gasteiger partial charge in [0.15, 0.2) is 0 Å². The van der Waals surface area contributed by atoms with E-state index in [-0.39, 0.29) is 24.9 Å². The van der Waals surface area contributed by atoms with E-state index in [1.165, 1.54) is 0 Å². The van der Waals surface area contributed by atoms with E-state index in [0.29, 0.717) is 24.5 Å². The Morgan fingerprint density at radius 1 is 1.30 bits per heavy atom. The summed E-state index contributed by atoms with van der Waals surface area (Å²) in [5.74, 6) is 0.463. The number of carbonyl (C=O) groups is 1. The van der Waals surface area contributed by atoms with Crippen molar-refractivity contribution >= 4 is 24.3 Å². The maximum atomic E-state index is 12.3. The molecule has 0 saturated carbocycles. The summed E-state index contributed by atoms with van der Waals surface area (Å²) in [6.45, 7) is 3.46. The summed E-state index contributed by atoms with van der Waals surface area (Å²) >= 11 is 0. The Labute approximate surface area is 165 Å². The van der Waals surface area contributed by atoms with Crippen molar-refractivity contribution in [3.05, 3.63) is 41.6 Å². The van der Waals surface area contributed by atoms with Gasteiger partial charge in [0, 0.05) is 44.0 Å². The third kappa shape index (κ3) is 5.15. The fraction of sp³-hybridized carbons (Fsp3) is 0.421. The number of nitrogens with zero attached hydrogens (tertiary/aromatic N) is 3. The van der Waals surface area contributed by atoms with E-state index < -0.39 is 5.60 Å². The van der Waals surface area contributed by atoms with E-state index in [4.69, 9.17) is 0 Å². The molecule has 0 spiro atoms. The van der Waals surface area contributed by atoms with Crippen molar-refractivity contribution in [2.24, 2.45) is 0 Å². The lowest BCUT2D eigenvalue weighted by Gasteiger charge is -2.21. The second-order valence-electron chi connectivity index (χ2n) is 7.00. The van der Waals surface area contributed by atoms with Crippen LogP contribution in [0.15, 0.2) is 30.3 Å². The predicted octanol–water partition coefficient (Wildman–Crippen LogP) is 1.39. The first-order chi connectivity index (χ1) is 12.4. The molecule has 0 bridgehead atoms. The van der Waals surface area contributed by atoms with Crippen LogP contribution in [0.2, 0.25) is 0 Å². The Kier molecular flexibility index (Phi) is 6.75. The first kappa shape index (κ1) is 21.1. The number of β-amino-alcohol motifs (C(OH)–C–C–N with tert-alkyl or cyclic N) is 1. The third-order valence-electron chi connectivity index (χ3n) is 4.48. The first-order valence-electron chi connectivity index (χ1n) is 8.71. The maximum Gasteiger partial charge on any atom is 0.251 e. The predicted molar refractivity (Wildman–Crippen MR) is 109 cm³/mol. The van der Waals surface area contributed by atoms with Crippen molar-refractivity contribution in [2.75, 3.05) is 38.6 Å². The van der Waals surface area contributed by atoms with Crippen molar-refractivity contribution in [2.45, 2.75) is 18.9 Å². The SMILES string of the molecule is Cc1cc(-c2ccc(C(=O)NCC3(O)CCNC3)cc2)nc(N(C)C)n1.Cl. The Hall–Kier alpha value is -2.22. The fourth-order valence-electron chi connectivity index (χ4n) is 2.92. The second kappa shape index (κ2) is 8.65. The van der Waals surface area contributed by atoms with E-state index >= 15 is 0 Å². The van der Waals surface area contributed by atoms with Gasteiger partial charge in [-0.2, -0.15) is 0 Å². The van der Waals surface area contributed by atoms with Gasteiger partial charge in [-0.1, -0.05) is 12.1 Å². The minimum Gasteiger partial charge on any atom is -0.387 e. The smallest absolute Gasteiger partial charge is 0.251 e. The van der Waals surface area contributed by atoms with Crippen molar-refractivity contribution in [1.82, 2.24) is 20.6 Å². The molecule has 1 atom stereocenters. The van der Waals surface area contributed by atoms with Crippen LogP contribution >= 0.6 is 12.4 Å². The number of hydrogen-bond donors (Lipinski definition) is 3.